The van der Waals surface area contributed by atoms with Crippen LogP contribution in [0.4, 0.5) is 0 Å². The highest BCUT2D eigenvalue weighted by Crippen LogP contribution is 2.15. The number of hydrogen-bond donors (Lipinski definition) is 2. The van der Waals surface area contributed by atoms with E-state index in [2.05, 4.69) is 39.4 Å². The van der Waals surface area contributed by atoms with Crippen molar-refractivity contribution >= 4 is 5.96 Å². The summed E-state index contributed by atoms with van der Waals surface area (Å²) in [5, 5.41) is 6.77. The van der Waals surface area contributed by atoms with Crippen molar-refractivity contribution in [1.82, 2.24) is 20.4 Å². The molecular weight excluding hydrogens is 290 g/mol. The second kappa shape index (κ2) is 12.6. The lowest BCUT2D eigenvalue weighted by molar-refractivity contribution is 0.162. The summed E-state index contributed by atoms with van der Waals surface area (Å²) in [7, 11) is 5.68. The van der Waals surface area contributed by atoms with Gasteiger partial charge in [-0.1, -0.05) is 6.92 Å². The van der Waals surface area contributed by atoms with Gasteiger partial charge in [0, 0.05) is 40.3 Å². The lowest BCUT2D eigenvalue weighted by Crippen LogP contribution is -2.42. The summed E-state index contributed by atoms with van der Waals surface area (Å²) in [4.78, 5) is 9.12. The van der Waals surface area contributed by atoms with Gasteiger partial charge in [-0.05, 0) is 51.9 Å². The largest absolute Gasteiger partial charge is 0.383 e. The van der Waals surface area contributed by atoms with Gasteiger partial charge < -0.3 is 25.2 Å². The lowest BCUT2D eigenvalue weighted by Gasteiger charge is -2.30. The molecule has 0 aromatic carbocycles. The number of nitrogens with one attached hydrogen (secondary N) is 2. The minimum Gasteiger partial charge on any atom is -0.383 e. The van der Waals surface area contributed by atoms with Gasteiger partial charge in [0.25, 0.3) is 0 Å². The summed E-state index contributed by atoms with van der Waals surface area (Å²) in [6.45, 7) is 10.7. The van der Waals surface area contributed by atoms with Crippen LogP contribution >= 0.6 is 0 Å². The Morgan fingerprint density at radius 3 is 2.57 bits per heavy atom. The molecule has 0 aliphatic carbocycles. The topological polar surface area (TPSA) is 52.1 Å². The third-order valence-electron chi connectivity index (χ3n) is 4.51. The molecule has 1 saturated heterocycles. The third kappa shape index (κ3) is 9.79. The number of ether oxygens (including phenoxy) is 1. The maximum atomic E-state index is 5.08. The molecule has 1 aliphatic rings. The molecule has 0 radical (unpaired) electrons. The van der Waals surface area contributed by atoms with Gasteiger partial charge >= 0.3 is 0 Å². The first-order valence-corrected chi connectivity index (χ1v) is 9.00. The number of piperidine rings is 1. The van der Waals surface area contributed by atoms with Crippen LogP contribution in [0.5, 0.6) is 0 Å². The van der Waals surface area contributed by atoms with Crippen LogP contribution in [0.2, 0.25) is 0 Å². The zero-order valence-corrected chi connectivity index (χ0v) is 15.6. The molecule has 2 N–H and O–H groups in total. The summed E-state index contributed by atoms with van der Waals surface area (Å²) < 4.78 is 5.08. The number of methoxy groups -OCH3 is 1. The average Bonchev–Trinajstić information content (AvgIpc) is 2.56. The second-order valence-electron chi connectivity index (χ2n) is 6.60. The summed E-state index contributed by atoms with van der Waals surface area (Å²) in [6.07, 6.45) is 3.88. The van der Waals surface area contributed by atoms with Crippen LogP contribution in [0.1, 0.15) is 26.2 Å². The van der Waals surface area contributed by atoms with Crippen molar-refractivity contribution in [3.05, 3.63) is 0 Å². The minimum atomic E-state index is 0.777. The molecule has 0 aromatic rings. The first-order chi connectivity index (χ1) is 11.2. The average molecular weight is 328 g/mol. The van der Waals surface area contributed by atoms with E-state index in [4.69, 9.17) is 4.74 Å². The van der Waals surface area contributed by atoms with Crippen LogP contribution in [0.25, 0.3) is 0 Å². The quantitative estimate of drug-likeness (QED) is 0.354. The highest BCUT2D eigenvalue weighted by atomic mass is 16.5. The van der Waals surface area contributed by atoms with Crippen molar-refractivity contribution in [3.63, 3.8) is 0 Å². The number of nitrogens with zero attached hydrogens (tertiary/aromatic N) is 3. The van der Waals surface area contributed by atoms with Gasteiger partial charge in [-0.15, -0.1) is 0 Å². The predicted molar refractivity (Wildman–Crippen MR) is 98.2 cm³/mol. The van der Waals surface area contributed by atoms with E-state index in [1.165, 1.54) is 38.9 Å². The zero-order chi connectivity index (χ0) is 16.9. The maximum Gasteiger partial charge on any atom is 0.191 e. The van der Waals surface area contributed by atoms with Crippen LogP contribution in [-0.2, 0) is 4.74 Å². The third-order valence-corrected chi connectivity index (χ3v) is 4.51. The van der Waals surface area contributed by atoms with Gasteiger partial charge in [-0.25, -0.2) is 0 Å². The number of aliphatic imine (C=N–C) groups is 1. The lowest BCUT2D eigenvalue weighted by atomic mass is 9.99. The fourth-order valence-electron chi connectivity index (χ4n) is 2.74. The van der Waals surface area contributed by atoms with Crippen molar-refractivity contribution in [2.75, 3.05) is 73.6 Å². The van der Waals surface area contributed by atoms with Crippen LogP contribution in [0, 0.1) is 5.92 Å². The molecule has 1 heterocycles. The molecule has 0 amide bonds. The predicted octanol–water partition coefficient (Wildman–Crippen LogP) is 0.852. The number of likely N-dealkylation sites (N-methyl/N-ethyl adjacent to an activating group) is 1. The van der Waals surface area contributed by atoms with Crippen molar-refractivity contribution < 1.29 is 4.74 Å². The van der Waals surface area contributed by atoms with E-state index in [0.29, 0.717) is 0 Å². The zero-order valence-electron chi connectivity index (χ0n) is 15.6. The summed E-state index contributed by atoms with van der Waals surface area (Å²) in [6, 6.07) is 0. The molecule has 1 aliphatic heterocycles. The Bertz CT molecular complexity index is 316. The number of guanidine groups is 1. The molecule has 0 unspecified atom stereocenters. The molecule has 0 bridgehead atoms. The van der Waals surface area contributed by atoms with E-state index >= 15 is 0 Å². The Morgan fingerprint density at radius 1 is 1.22 bits per heavy atom. The monoisotopic (exact) mass is 327 g/mol. The standard InChI is InChI=1S/C17H37N5O/c1-16-6-11-22(12-7-16)10-5-8-19-17(18-2)20-9-13-21(3)14-15-23-4/h16H,5-15H2,1-4H3,(H2,18,19,20). The van der Waals surface area contributed by atoms with Crippen LogP contribution in [0.3, 0.4) is 0 Å². The van der Waals surface area contributed by atoms with Gasteiger partial charge in [0.15, 0.2) is 5.96 Å². The molecule has 136 valence electrons. The van der Waals surface area contributed by atoms with Gasteiger partial charge in [0.2, 0.25) is 0 Å². The highest BCUT2D eigenvalue weighted by molar-refractivity contribution is 5.79. The smallest absolute Gasteiger partial charge is 0.191 e. The van der Waals surface area contributed by atoms with Crippen LogP contribution < -0.4 is 10.6 Å². The molecular formula is C17H37N5O. The molecule has 6 heteroatoms. The normalized spacial score (nSPS) is 17.7. The Hall–Kier alpha value is -0.850. The molecule has 0 saturated carbocycles. The van der Waals surface area contributed by atoms with Crippen molar-refractivity contribution in [3.8, 4) is 0 Å². The number of likely N-dealkylation sites (tertiary alicyclic amines) is 1. The van der Waals surface area contributed by atoms with E-state index in [1.807, 2.05) is 7.05 Å². The molecule has 6 nitrogen and oxygen atoms in total. The Kier molecular flexibility index (Phi) is 11.0. The van der Waals surface area contributed by atoms with Crippen molar-refractivity contribution in [1.29, 1.82) is 0 Å². The number of rotatable bonds is 10. The van der Waals surface area contributed by atoms with Gasteiger partial charge in [-0.3, -0.25) is 4.99 Å². The fraction of sp³-hybridized carbons (Fsp3) is 0.941. The molecule has 1 rings (SSSR count). The first kappa shape index (κ1) is 20.2. The van der Waals surface area contributed by atoms with E-state index in [0.717, 1.165) is 44.7 Å². The maximum absolute atomic E-state index is 5.08. The Balaban J connectivity index is 2.03. The van der Waals surface area contributed by atoms with Gasteiger partial charge in [0.1, 0.15) is 0 Å². The summed E-state index contributed by atoms with van der Waals surface area (Å²) in [5.41, 5.74) is 0. The molecule has 0 spiro atoms. The van der Waals surface area contributed by atoms with E-state index < -0.39 is 0 Å². The van der Waals surface area contributed by atoms with Crippen molar-refractivity contribution in [2.45, 2.75) is 26.2 Å². The first-order valence-electron chi connectivity index (χ1n) is 9.00. The Labute approximate surface area is 142 Å². The van der Waals surface area contributed by atoms with E-state index in [9.17, 15) is 0 Å². The second-order valence-corrected chi connectivity index (χ2v) is 6.60. The molecule has 1 fully saturated rings. The van der Waals surface area contributed by atoms with Crippen LogP contribution in [0.15, 0.2) is 4.99 Å². The van der Waals surface area contributed by atoms with Crippen molar-refractivity contribution in [2.24, 2.45) is 10.9 Å². The van der Waals surface area contributed by atoms with Crippen LogP contribution in [-0.4, -0.2) is 89.4 Å². The van der Waals surface area contributed by atoms with E-state index in [-0.39, 0.29) is 0 Å². The Morgan fingerprint density at radius 2 is 1.91 bits per heavy atom. The summed E-state index contributed by atoms with van der Waals surface area (Å²) >= 11 is 0. The fourth-order valence-corrected chi connectivity index (χ4v) is 2.74. The summed E-state index contributed by atoms with van der Waals surface area (Å²) in [5.74, 6) is 1.81. The van der Waals surface area contributed by atoms with E-state index in [1.54, 1.807) is 7.11 Å². The minimum absolute atomic E-state index is 0.777. The molecule has 0 atom stereocenters. The van der Waals surface area contributed by atoms with Gasteiger partial charge in [0.05, 0.1) is 6.61 Å². The molecule has 0 aromatic heterocycles. The molecule has 23 heavy (non-hydrogen) atoms. The van der Waals surface area contributed by atoms with Gasteiger partial charge in [-0.2, -0.15) is 0 Å². The SMILES string of the molecule is CN=C(NCCCN1CCC(C)CC1)NCCN(C)CCOC. The highest BCUT2D eigenvalue weighted by Gasteiger charge is 2.14. The number of hydrogen-bond acceptors (Lipinski definition) is 4.